The summed E-state index contributed by atoms with van der Waals surface area (Å²) in [5, 5.41) is 14.1. The van der Waals surface area contributed by atoms with Crippen molar-refractivity contribution in [2.75, 3.05) is 7.05 Å². The second kappa shape index (κ2) is 9.05. The number of carbonyl (C=O) groups is 2. The van der Waals surface area contributed by atoms with E-state index in [1.807, 2.05) is 32.0 Å². The molecule has 1 aromatic carbocycles. The Morgan fingerprint density at radius 1 is 1.03 bits per heavy atom. The Bertz CT molecular complexity index is 1080. The molecule has 2 amide bonds. The zero-order chi connectivity index (χ0) is 21.7. The minimum absolute atomic E-state index is 0.0697. The summed E-state index contributed by atoms with van der Waals surface area (Å²) in [6.45, 7) is 3.71. The number of likely N-dealkylation sites (N-methyl/N-ethyl adjacent to an activating group) is 1. The second-order valence-electron chi connectivity index (χ2n) is 7.09. The van der Waals surface area contributed by atoms with Crippen LogP contribution >= 0.6 is 0 Å². The van der Waals surface area contributed by atoms with Gasteiger partial charge in [0.2, 0.25) is 5.91 Å². The lowest BCUT2D eigenvalue weighted by atomic mass is 10.0. The molecule has 0 aliphatic carbocycles. The van der Waals surface area contributed by atoms with Gasteiger partial charge in [0.05, 0.1) is 11.6 Å². The van der Waals surface area contributed by atoms with Crippen LogP contribution in [-0.2, 0) is 4.79 Å². The number of hydrogen-bond acceptors (Lipinski definition) is 5. The van der Waals surface area contributed by atoms with Crippen LogP contribution in [-0.4, -0.2) is 29.9 Å². The number of rotatable bonds is 6. The highest BCUT2D eigenvalue weighted by atomic mass is 16.4. The van der Waals surface area contributed by atoms with E-state index in [1.165, 1.54) is 7.05 Å². The average molecular weight is 402 g/mol. The number of benzene rings is 1. The van der Waals surface area contributed by atoms with Gasteiger partial charge in [-0.05, 0) is 41.8 Å². The topological polar surface area (TPSA) is 108 Å². The fourth-order valence-corrected chi connectivity index (χ4v) is 2.95. The van der Waals surface area contributed by atoms with Crippen molar-refractivity contribution in [2.24, 2.45) is 5.92 Å². The van der Waals surface area contributed by atoms with Gasteiger partial charge in [-0.3, -0.25) is 14.6 Å². The third kappa shape index (κ3) is 4.55. The summed E-state index contributed by atoms with van der Waals surface area (Å²) in [5.74, 6) is -0.229. The molecule has 3 aromatic rings. The summed E-state index contributed by atoms with van der Waals surface area (Å²) < 4.78 is 5.66. The lowest BCUT2D eigenvalue weighted by molar-refractivity contribution is -0.123. The molecule has 0 fully saturated rings. The molecule has 30 heavy (non-hydrogen) atoms. The average Bonchev–Trinajstić information content (AvgIpc) is 3.27. The Hall–Kier alpha value is -3.92. The third-order valence-electron chi connectivity index (χ3n) is 4.68. The first kappa shape index (κ1) is 20.8. The first-order valence-electron chi connectivity index (χ1n) is 9.52. The van der Waals surface area contributed by atoms with E-state index < -0.39 is 11.9 Å². The molecule has 2 N–H and O–H groups in total. The number of aromatic nitrogens is 1. The summed E-state index contributed by atoms with van der Waals surface area (Å²) in [6.07, 6.45) is 1.71. The third-order valence-corrected chi connectivity index (χ3v) is 4.68. The standard InChI is InChI=1S/C23H22N4O3/c1-14(2)21(23(29)25-3)27-22(28)20-11-10-19(30-20)18-9-8-17(13-26-18)16-6-4-15(12-24)5-7-16/h4-11,13-14,21H,1-3H3,(H,25,29)(H,27,28)/t21-/m0/s1. The van der Waals surface area contributed by atoms with E-state index in [-0.39, 0.29) is 17.6 Å². The van der Waals surface area contributed by atoms with Gasteiger partial charge >= 0.3 is 0 Å². The number of furan rings is 1. The van der Waals surface area contributed by atoms with Crippen LogP contribution in [0.1, 0.15) is 30.0 Å². The van der Waals surface area contributed by atoms with Gasteiger partial charge in [-0.2, -0.15) is 5.26 Å². The van der Waals surface area contributed by atoms with Crippen molar-refractivity contribution in [3.05, 3.63) is 66.1 Å². The Morgan fingerprint density at radius 3 is 2.30 bits per heavy atom. The van der Waals surface area contributed by atoms with Crippen molar-refractivity contribution >= 4 is 11.8 Å². The number of hydrogen-bond donors (Lipinski definition) is 2. The molecular formula is C23H22N4O3. The van der Waals surface area contributed by atoms with Crippen molar-refractivity contribution in [2.45, 2.75) is 19.9 Å². The highest BCUT2D eigenvalue weighted by Crippen LogP contribution is 2.24. The summed E-state index contributed by atoms with van der Waals surface area (Å²) in [5.41, 5.74) is 3.03. The Kier molecular flexibility index (Phi) is 6.28. The smallest absolute Gasteiger partial charge is 0.287 e. The quantitative estimate of drug-likeness (QED) is 0.657. The molecule has 0 aliphatic rings. The first-order chi connectivity index (χ1) is 14.4. The maximum absolute atomic E-state index is 12.5. The van der Waals surface area contributed by atoms with E-state index in [1.54, 1.807) is 36.5 Å². The van der Waals surface area contributed by atoms with Gasteiger partial charge in [0.1, 0.15) is 11.7 Å². The Balaban J connectivity index is 1.74. The summed E-state index contributed by atoms with van der Waals surface area (Å²) in [4.78, 5) is 28.9. The largest absolute Gasteiger partial charge is 0.449 e. The summed E-state index contributed by atoms with van der Waals surface area (Å²) >= 11 is 0. The van der Waals surface area contributed by atoms with Gasteiger partial charge in [0.25, 0.3) is 5.91 Å². The predicted octanol–water partition coefficient (Wildman–Crippen LogP) is 3.38. The molecule has 7 nitrogen and oxygen atoms in total. The van der Waals surface area contributed by atoms with Gasteiger partial charge < -0.3 is 15.1 Å². The molecule has 0 radical (unpaired) electrons. The van der Waals surface area contributed by atoms with Crippen LogP contribution in [0.3, 0.4) is 0 Å². The molecule has 2 aromatic heterocycles. The van der Waals surface area contributed by atoms with Crippen LogP contribution in [0.5, 0.6) is 0 Å². The molecule has 152 valence electrons. The van der Waals surface area contributed by atoms with Crippen LogP contribution in [0.15, 0.2) is 59.1 Å². The number of pyridine rings is 1. The fourth-order valence-electron chi connectivity index (χ4n) is 2.95. The van der Waals surface area contributed by atoms with E-state index >= 15 is 0 Å². The molecule has 0 aliphatic heterocycles. The van der Waals surface area contributed by atoms with Gasteiger partial charge in [0, 0.05) is 18.8 Å². The molecule has 0 saturated carbocycles. The Morgan fingerprint density at radius 2 is 1.73 bits per heavy atom. The lowest BCUT2D eigenvalue weighted by Crippen LogP contribution is -2.48. The molecular weight excluding hydrogens is 380 g/mol. The number of nitriles is 1. The van der Waals surface area contributed by atoms with Gasteiger partial charge in [0.15, 0.2) is 11.5 Å². The monoisotopic (exact) mass is 402 g/mol. The normalized spacial score (nSPS) is 11.6. The lowest BCUT2D eigenvalue weighted by Gasteiger charge is -2.19. The zero-order valence-electron chi connectivity index (χ0n) is 17.0. The van der Waals surface area contributed by atoms with Crippen molar-refractivity contribution < 1.29 is 14.0 Å². The maximum atomic E-state index is 12.5. The SMILES string of the molecule is CNC(=O)[C@@H](NC(=O)c1ccc(-c2ccc(-c3ccc(C#N)cc3)cn2)o1)C(C)C. The van der Waals surface area contributed by atoms with E-state index in [4.69, 9.17) is 9.68 Å². The molecule has 0 unspecified atom stereocenters. The number of nitrogens with one attached hydrogen (secondary N) is 2. The molecule has 2 heterocycles. The predicted molar refractivity (Wildman–Crippen MR) is 112 cm³/mol. The van der Waals surface area contributed by atoms with Crippen molar-refractivity contribution in [1.29, 1.82) is 5.26 Å². The van der Waals surface area contributed by atoms with Gasteiger partial charge in [-0.1, -0.05) is 32.0 Å². The molecule has 0 spiro atoms. The van der Waals surface area contributed by atoms with Crippen LogP contribution in [0.2, 0.25) is 0 Å². The minimum atomic E-state index is -0.652. The zero-order valence-corrected chi connectivity index (χ0v) is 17.0. The van der Waals surface area contributed by atoms with E-state index in [0.717, 1.165) is 11.1 Å². The maximum Gasteiger partial charge on any atom is 0.287 e. The minimum Gasteiger partial charge on any atom is -0.449 e. The number of carbonyl (C=O) groups excluding carboxylic acids is 2. The molecule has 3 rings (SSSR count). The molecule has 1 atom stereocenters. The van der Waals surface area contributed by atoms with E-state index in [0.29, 0.717) is 17.0 Å². The number of nitrogens with zero attached hydrogens (tertiary/aromatic N) is 2. The van der Waals surface area contributed by atoms with E-state index in [9.17, 15) is 9.59 Å². The Labute approximate surface area is 174 Å². The molecule has 0 saturated heterocycles. The number of amides is 2. The van der Waals surface area contributed by atoms with Gasteiger partial charge in [-0.25, -0.2) is 0 Å². The van der Waals surface area contributed by atoms with Crippen molar-refractivity contribution in [3.8, 4) is 28.7 Å². The van der Waals surface area contributed by atoms with Crippen LogP contribution in [0.4, 0.5) is 0 Å². The van der Waals surface area contributed by atoms with Crippen LogP contribution in [0.25, 0.3) is 22.6 Å². The van der Waals surface area contributed by atoms with Crippen LogP contribution in [0, 0.1) is 17.2 Å². The van der Waals surface area contributed by atoms with Crippen LogP contribution < -0.4 is 10.6 Å². The fraction of sp³-hybridized carbons (Fsp3) is 0.217. The van der Waals surface area contributed by atoms with Crippen molar-refractivity contribution in [1.82, 2.24) is 15.6 Å². The van der Waals surface area contributed by atoms with Crippen molar-refractivity contribution in [3.63, 3.8) is 0 Å². The molecule has 0 bridgehead atoms. The highest BCUT2D eigenvalue weighted by Gasteiger charge is 2.25. The summed E-state index contributed by atoms with van der Waals surface area (Å²) in [7, 11) is 1.53. The first-order valence-corrected chi connectivity index (χ1v) is 9.52. The van der Waals surface area contributed by atoms with E-state index in [2.05, 4.69) is 21.7 Å². The summed E-state index contributed by atoms with van der Waals surface area (Å²) in [6, 6.07) is 15.6. The van der Waals surface area contributed by atoms with Gasteiger partial charge in [-0.15, -0.1) is 0 Å². The second-order valence-corrected chi connectivity index (χ2v) is 7.09. The highest BCUT2D eigenvalue weighted by molar-refractivity contribution is 5.96. The molecule has 7 heteroatoms.